The monoisotopic (exact) mass is 326 g/mol. The molecule has 0 heterocycles. The Hall–Kier alpha value is -2.62. The van der Waals surface area contributed by atoms with Gasteiger partial charge in [0.05, 0.1) is 6.61 Å². The summed E-state index contributed by atoms with van der Waals surface area (Å²) in [6.45, 7) is 10.4. The van der Waals surface area contributed by atoms with Gasteiger partial charge in [-0.25, -0.2) is 0 Å². The highest BCUT2D eigenvalue weighted by atomic mass is 16.5. The fourth-order valence-electron chi connectivity index (χ4n) is 2.45. The van der Waals surface area contributed by atoms with E-state index in [1.807, 2.05) is 52.8 Å². The molecule has 2 aromatic carbocycles. The molecule has 0 saturated heterocycles. The molecule has 4 nitrogen and oxygen atoms in total. The lowest BCUT2D eigenvalue weighted by molar-refractivity contribution is 0.1000. The lowest BCUT2D eigenvalue weighted by Gasteiger charge is -2.06. The molecule has 128 valence electrons. The zero-order valence-electron chi connectivity index (χ0n) is 15.1. The summed E-state index contributed by atoms with van der Waals surface area (Å²) in [5.41, 5.74) is 11.0. The summed E-state index contributed by atoms with van der Waals surface area (Å²) in [5.74, 6) is -0.105. The molecule has 0 saturated carbocycles. The van der Waals surface area contributed by atoms with Crippen molar-refractivity contribution in [2.45, 2.75) is 34.6 Å². The van der Waals surface area contributed by atoms with Crippen molar-refractivity contribution < 1.29 is 9.53 Å². The van der Waals surface area contributed by atoms with Crippen molar-refractivity contribution in [3.05, 3.63) is 69.8 Å². The van der Waals surface area contributed by atoms with Gasteiger partial charge in [0.1, 0.15) is 0 Å². The molecular weight excluding hydrogens is 300 g/mol. The number of ether oxygens (including phenoxy) is 1. The number of benzene rings is 2. The van der Waals surface area contributed by atoms with Gasteiger partial charge in [-0.05, 0) is 58.9 Å². The van der Waals surface area contributed by atoms with Gasteiger partial charge in [0, 0.05) is 11.1 Å². The topological polar surface area (TPSA) is 76.2 Å². The second-order valence-corrected chi connectivity index (χ2v) is 5.88. The molecule has 0 bridgehead atoms. The molecular formula is C20H26N2O2. The van der Waals surface area contributed by atoms with E-state index < -0.39 is 0 Å². The number of carbonyl (C=O) groups is 1. The lowest BCUT2D eigenvalue weighted by atomic mass is 10.1. The van der Waals surface area contributed by atoms with Gasteiger partial charge in [0.25, 0.3) is 0 Å². The van der Waals surface area contributed by atoms with E-state index in [0.29, 0.717) is 12.2 Å². The van der Waals surface area contributed by atoms with Crippen LogP contribution in [0, 0.1) is 33.1 Å². The minimum absolute atomic E-state index is 0.259. The number of nitrogens with two attached hydrogens (primary N) is 1. The Kier molecular flexibility index (Phi) is 7.18. The number of primary amides is 1. The maximum Gasteiger partial charge on any atom is 0.248 e. The lowest BCUT2D eigenvalue weighted by Crippen LogP contribution is -2.11. The first kappa shape index (κ1) is 19.4. The molecule has 2 rings (SSSR count). The fourth-order valence-corrected chi connectivity index (χ4v) is 2.45. The molecule has 24 heavy (non-hydrogen) atoms. The van der Waals surface area contributed by atoms with Gasteiger partial charge >= 0.3 is 0 Å². The van der Waals surface area contributed by atoms with E-state index >= 15 is 0 Å². The fraction of sp³-hybridized carbons (Fsp3) is 0.300. The van der Waals surface area contributed by atoms with Gasteiger partial charge in [-0.15, -0.1) is 0 Å². The van der Waals surface area contributed by atoms with E-state index in [2.05, 4.69) is 6.07 Å². The van der Waals surface area contributed by atoms with Crippen LogP contribution in [0.25, 0.3) is 0 Å². The Morgan fingerprint density at radius 1 is 0.875 bits per heavy atom. The number of hydrogen-bond donors (Lipinski definition) is 2. The van der Waals surface area contributed by atoms with Crippen LogP contribution in [0.2, 0.25) is 0 Å². The summed E-state index contributed by atoms with van der Waals surface area (Å²) in [6.07, 6.45) is 0. The number of carbonyl (C=O) groups excluding carboxylic acids is 1. The molecule has 0 aliphatic rings. The quantitative estimate of drug-likeness (QED) is 0.659. The molecule has 1 amide bonds. The molecule has 0 aliphatic heterocycles. The van der Waals surface area contributed by atoms with E-state index in [9.17, 15) is 4.79 Å². The van der Waals surface area contributed by atoms with Crippen molar-refractivity contribution in [3.8, 4) is 0 Å². The highest BCUT2D eigenvalue weighted by Gasteiger charge is 2.02. The minimum Gasteiger partial charge on any atom is -0.478 e. The van der Waals surface area contributed by atoms with Crippen LogP contribution < -0.4 is 5.73 Å². The van der Waals surface area contributed by atoms with Crippen LogP contribution in [-0.4, -0.2) is 18.4 Å². The number of nitrogens with one attached hydrogen (secondary N) is 1. The third-order valence-electron chi connectivity index (χ3n) is 3.28. The first-order chi connectivity index (χ1) is 11.2. The molecule has 0 unspecified atom stereocenters. The normalized spacial score (nSPS) is 9.71. The van der Waals surface area contributed by atoms with Crippen LogP contribution in [-0.2, 0) is 4.74 Å². The summed E-state index contributed by atoms with van der Waals surface area (Å²) in [4.78, 5) is 10.7. The highest BCUT2D eigenvalue weighted by Crippen LogP contribution is 2.10. The van der Waals surface area contributed by atoms with Crippen LogP contribution in [0.1, 0.15) is 45.1 Å². The van der Waals surface area contributed by atoms with Crippen molar-refractivity contribution in [1.29, 1.82) is 5.41 Å². The van der Waals surface area contributed by atoms with E-state index in [1.54, 1.807) is 12.1 Å². The van der Waals surface area contributed by atoms with Gasteiger partial charge < -0.3 is 10.5 Å². The predicted molar refractivity (Wildman–Crippen MR) is 98.8 cm³/mol. The standard InChI is InChI=1S/C11H15NO.C9H11NO/c1-4-13-11(12)10-6-8(2)5-9(3)7-10;1-6-3-7(2)5-8(4-6)9(10)11/h5-7,12H,4H2,1-3H3;3-5H,1-2H3,(H2,10,11). The number of aryl methyl sites for hydroxylation is 4. The van der Waals surface area contributed by atoms with Crippen molar-refractivity contribution in [2.24, 2.45) is 5.73 Å². The summed E-state index contributed by atoms with van der Waals surface area (Å²) in [7, 11) is 0. The van der Waals surface area contributed by atoms with E-state index in [1.165, 1.54) is 11.1 Å². The van der Waals surface area contributed by atoms with Crippen molar-refractivity contribution in [3.63, 3.8) is 0 Å². The van der Waals surface area contributed by atoms with Crippen LogP contribution in [0.5, 0.6) is 0 Å². The van der Waals surface area contributed by atoms with Gasteiger partial charge in [0.2, 0.25) is 11.8 Å². The Morgan fingerprint density at radius 2 is 1.25 bits per heavy atom. The van der Waals surface area contributed by atoms with Crippen molar-refractivity contribution in [2.75, 3.05) is 6.61 Å². The van der Waals surface area contributed by atoms with Crippen molar-refractivity contribution in [1.82, 2.24) is 0 Å². The molecule has 4 heteroatoms. The van der Waals surface area contributed by atoms with E-state index in [-0.39, 0.29) is 11.8 Å². The molecule has 2 aromatic rings. The molecule has 0 atom stereocenters. The maximum absolute atomic E-state index is 10.7. The zero-order valence-corrected chi connectivity index (χ0v) is 15.1. The zero-order chi connectivity index (χ0) is 18.3. The van der Waals surface area contributed by atoms with Gasteiger partial charge in [-0.3, -0.25) is 10.2 Å². The minimum atomic E-state index is -0.364. The first-order valence-electron chi connectivity index (χ1n) is 7.91. The Labute approximate surface area is 144 Å². The largest absolute Gasteiger partial charge is 0.478 e. The molecule has 0 radical (unpaired) electrons. The number of rotatable bonds is 3. The Morgan fingerprint density at radius 3 is 1.58 bits per heavy atom. The average molecular weight is 326 g/mol. The second kappa shape index (κ2) is 8.87. The van der Waals surface area contributed by atoms with Crippen molar-refractivity contribution >= 4 is 11.8 Å². The molecule has 0 fully saturated rings. The Balaban J connectivity index is 0.000000243. The van der Waals surface area contributed by atoms with Crippen LogP contribution in [0.3, 0.4) is 0 Å². The number of amides is 1. The third kappa shape index (κ3) is 6.24. The SMILES string of the molecule is CCOC(=N)c1cc(C)cc(C)c1.Cc1cc(C)cc(C(N)=O)c1. The highest BCUT2D eigenvalue weighted by molar-refractivity contribution is 5.93. The molecule has 0 spiro atoms. The average Bonchev–Trinajstić information content (AvgIpc) is 2.46. The molecule has 0 aromatic heterocycles. The van der Waals surface area contributed by atoms with E-state index in [0.717, 1.165) is 16.7 Å². The number of hydrogen-bond acceptors (Lipinski definition) is 3. The molecule has 3 N–H and O–H groups in total. The summed E-state index contributed by atoms with van der Waals surface area (Å²) >= 11 is 0. The summed E-state index contributed by atoms with van der Waals surface area (Å²) in [5, 5.41) is 7.60. The van der Waals surface area contributed by atoms with Crippen LogP contribution in [0.4, 0.5) is 0 Å². The third-order valence-corrected chi connectivity index (χ3v) is 3.28. The first-order valence-corrected chi connectivity index (χ1v) is 7.91. The predicted octanol–water partition coefficient (Wildman–Crippen LogP) is 4.07. The van der Waals surface area contributed by atoms with Crippen LogP contribution in [0.15, 0.2) is 36.4 Å². The second-order valence-electron chi connectivity index (χ2n) is 5.88. The van der Waals surface area contributed by atoms with Gasteiger partial charge in [-0.2, -0.15) is 0 Å². The summed E-state index contributed by atoms with van der Waals surface area (Å²) in [6, 6.07) is 11.6. The maximum atomic E-state index is 10.7. The van der Waals surface area contributed by atoms with E-state index in [4.69, 9.17) is 15.9 Å². The smallest absolute Gasteiger partial charge is 0.248 e. The van der Waals surface area contributed by atoms with Gasteiger partial charge in [-0.1, -0.05) is 34.4 Å². The Bertz CT molecular complexity index is 696. The van der Waals surface area contributed by atoms with Gasteiger partial charge in [0.15, 0.2) is 0 Å². The van der Waals surface area contributed by atoms with Crippen LogP contribution >= 0.6 is 0 Å². The summed E-state index contributed by atoms with van der Waals surface area (Å²) < 4.78 is 5.12. The molecule has 0 aliphatic carbocycles.